The van der Waals surface area contributed by atoms with E-state index in [1.807, 2.05) is 41.5 Å². The van der Waals surface area contributed by atoms with Crippen molar-refractivity contribution in [3.8, 4) is 0 Å². The summed E-state index contributed by atoms with van der Waals surface area (Å²) in [6, 6.07) is -15.5. The van der Waals surface area contributed by atoms with Crippen molar-refractivity contribution < 1.29 is 67.7 Å². The van der Waals surface area contributed by atoms with Crippen LogP contribution in [0.3, 0.4) is 0 Å². The molecule has 1 fully saturated rings. The summed E-state index contributed by atoms with van der Waals surface area (Å²) in [7, 11) is 8.17. The fourth-order valence-electron chi connectivity index (χ4n) is 11.6. The fraction of sp³-hybridized carbons (Fsp3) is 0.773. The smallest absolute Gasteiger partial charge is 0.248 e. The van der Waals surface area contributed by atoms with Gasteiger partial charge in [0.25, 0.3) is 0 Å². The molecule has 0 aliphatic carbocycles. The van der Waals surface area contributed by atoms with Gasteiger partial charge in [-0.05, 0) is 101 Å². The van der Waals surface area contributed by atoms with Crippen LogP contribution >= 0.6 is 0 Å². The molecule has 0 aromatic rings. The van der Waals surface area contributed by atoms with Crippen molar-refractivity contribution in [3.05, 3.63) is 35.2 Å². The SMILES string of the molecule is C=CCN1C(=O)[C@H](CC)NC(=O)[C@H]([C@H](O)[C@H](C)/C=C/C)N(C)C(=O)[C@H](C(C)C)N(C)C(=O)[C@H](CC(C)C)N(C)C(=O)[C@H](CC(C)C)N(C)C(=O)[C@@H](C)NC(=O)[C@H](C)NC(=O)[C@H](CC(C)C)N(C)C(=O)[C@H](C(C)C)NC(=O)C([C@@H](C)OCCCCN=[N+]=[N-])N(C)C(=O)[C@H]1CO. The van der Waals surface area contributed by atoms with E-state index >= 15 is 33.6 Å². The van der Waals surface area contributed by atoms with E-state index in [1.54, 1.807) is 60.6 Å². The van der Waals surface area contributed by atoms with Crippen molar-refractivity contribution in [3.63, 3.8) is 0 Å². The van der Waals surface area contributed by atoms with Gasteiger partial charge in [0.15, 0.2) is 0 Å². The zero-order chi connectivity index (χ0) is 72.5. The van der Waals surface area contributed by atoms with Gasteiger partial charge in [-0.15, -0.1) is 6.58 Å². The van der Waals surface area contributed by atoms with Crippen molar-refractivity contribution in [2.45, 2.75) is 228 Å². The standard InChI is InChI=1S/C66H116N14O14/c1-24-29-42(14)55(82)54-59(86)71-46(26-3)61(88)80(31-25-2)50(36-81)64(91)78(22)53(45(17)94-32-28-27-30-68-73-67)58(85)72-51(40(10)11)65(92)74(18)47(33-37(4)5)57(84)69-43(15)56(83)70-44(16)60(87)75(19)48(34-38(6)7)62(89)76(20)49(35-39(8)9)63(90)77(21)52(41(12)13)66(93)79(54)23/h24-25,29,37-55,81-82H,2,26-28,30-36H2,1,3-23H3,(H,69,84)(H,70,83)(H,71,86)(H,72,85)/b29-24+/t42-,43+,44-,45-,46+,47+,48+,49+,50-,51+,52+,53?,54+,55-/m1/s1. The van der Waals surface area contributed by atoms with E-state index in [-0.39, 0.29) is 63.1 Å². The Balaban J connectivity index is 4.56. The highest BCUT2D eigenvalue weighted by Crippen LogP contribution is 2.26. The average Bonchev–Trinajstić information content (AvgIpc) is 0.814. The van der Waals surface area contributed by atoms with E-state index in [0.29, 0.717) is 12.8 Å². The molecule has 0 aromatic heterocycles. The minimum Gasteiger partial charge on any atom is -0.394 e. The summed E-state index contributed by atoms with van der Waals surface area (Å²) < 4.78 is 6.15. The van der Waals surface area contributed by atoms with E-state index in [4.69, 9.17) is 10.3 Å². The number of hydrogen-bond acceptors (Lipinski definition) is 15. The molecular formula is C66H116N14O14. The van der Waals surface area contributed by atoms with Gasteiger partial charge in [0, 0.05) is 72.8 Å². The summed E-state index contributed by atoms with van der Waals surface area (Å²) in [6.07, 6.45) is 2.69. The maximum absolute atomic E-state index is 15.3. The van der Waals surface area contributed by atoms with E-state index in [2.05, 4.69) is 37.9 Å². The molecule has 28 nitrogen and oxygen atoms in total. The molecule has 0 aromatic carbocycles. The van der Waals surface area contributed by atoms with Crippen LogP contribution in [0.1, 0.15) is 149 Å². The lowest BCUT2D eigenvalue weighted by Crippen LogP contribution is -2.65. The lowest BCUT2D eigenvalue weighted by Gasteiger charge is -2.41. The number of aliphatic hydroxyl groups is 2. The number of carbonyl (C=O) groups is 11. The maximum Gasteiger partial charge on any atom is 0.248 e. The number of rotatable bonds is 22. The predicted molar refractivity (Wildman–Crippen MR) is 358 cm³/mol. The summed E-state index contributed by atoms with van der Waals surface area (Å²) in [4.78, 5) is 174. The van der Waals surface area contributed by atoms with Crippen LogP contribution in [0.15, 0.2) is 29.9 Å². The summed E-state index contributed by atoms with van der Waals surface area (Å²) in [5.41, 5.74) is 8.82. The van der Waals surface area contributed by atoms with Crippen molar-refractivity contribution >= 4 is 65.0 Å². The Morgan fingerprint density at radius 3 is 1.51 bits per heavy atom. The first kappa shape index (κ1) is 84.9. The molecule has 1 unspecified atom stereocenters. The number of nitrogens with zero attached hydrogens (tertiary/aromatic N) is 10. The highest BCUT2D eigenvalue weighted by molar-refractivity contribution is 6.00. The minimum absolute atomic E-state index is 0.00730. The van der Waals surface area contributed by atoms with Crippen LogP contribution in [-0.2, 0) is 57.5 Å². The molecule has 1 aliphatic heterocycles. The molecule has 534 valence electrons. The minimum atomic E-state index is -1.76. The summed E-state index contributed by atoms with van der Waals surface area (Å²) >= 11 is 0. The van der Waals surface area contributed by atoms with Gasteiger partial charge in [0.05, 0.1) is 18.8 Å². The lowest BCUT2D eigenvalue weighted by molar-refractivity contribution is -0.157. The van der Waals surface area contributed by atoms with Crippen LogP contribution in [0.5, 0.6) is 0 Å². The largest absolute Gasteiger partial charge is 0.394 e. The van der Waals surface area contributed by atoms with Gasteiger partial charge in [-0.3, -0.25) is 52.7 Å². The van der Waals surface area contributed by atoms with Crippen molar-refractivity contribution in [1.82, 2.24) is 55.6 Å². The molecule has 1 rings (SSSR count). The van der Waals surface area contributed by atoms with Gasteiger partial charge in [-0.1, -0.05) is 106 Å². The molecule has 28 heteroatoms. The Morgan fingerprint density at radius 1 is 0.564 bits per heavy atom. The van der Waals surface area contributed by atoms with E-state index in [1.165, 1.54) is 83.8 Å². The molecule has 1 heterocycles. The highest BCUT2D eigenvalue weighted by atomic mass is 16.5. The number of aliphatic hydroxyl groups excluding tert-OH is 2. The lowest BCUT2D eigenvalue weighted by atomic mass is 9.93. The number of unbranched alkanes of at least 4 members (excludes halogenated alkanes) is 1. The van der Waals surface area contributed by atoms with E-state index in [0.717, 1.165) is 19.6 Å². The first-order chi connectivity index (χ1) is 43.8. The van der Waals surface area contributed by atoms with Gasteiger partial charge < -0.3 is 70.5 Å². The van der Waals surface area contributed by atoms with Crippen LogP contribution in [0.25, 0.3) is 10.4 Å². The van der Waals surface area contributed by atoms with Crippen molar-refractivity contribution in [1.29, 1.82) is 0 Å². The molecule has 1 saturated heterocycles. The molecule has 1 aliphatic rings. The Morgan fingerprint density at radius 2 is 1.03 bits per heavy atom. The van der Waals surface area contributed by atoms with E-state index in [9.17, 15) is 29.4 Å². The maximum atomic E-state index is 15.3. The van der Waals surface area contributed by atoms with Crippen molar-refractivity contribution in [2.24, 2.45) is 40.6 Å². The zero-order valence-corrected chi connectivity index (χ0v) is 60.2. The second kappa shape index (κ2) is 40.3. The van der Waals surface area contributed by atoms with Gasteiger partial charge in [0.2, 0.25) is 65.0 Å². The van der Waals surface area contributed by atoms with Crippen molar-refractivity contribution in [2.75, 3.05) is 68.6 Å². The second-order valence-electron chi connectivity index (χ2n) is 27.0. The normalized spacial score (nSPS) is 26.4. The Kier molecular flexibility index (Phi) is 36.4. The first-order valence-electron chi connectivity index (χ1n) is 33.0. The second-order valence-corrected chi connectivity index (χ2v) is 27.0. The average molecular weight is 1330 g/mol. The quantitative estimate of drug-likeness (QED) is 0.0298. The van der Waals surface area contributed by atoms with Crippen LogP contribution in [0.2, 0.25) is 0 Å². The Hall–Kier alpha value is -7.16. The van der Waals surface area contributed by atoms with Crippen LogP contribution in [0.4, 0.5) is 0 Å². The summed E-state index contributed by atoms with van der Waals surface area (Å²) in [6.45, 7) is 29.5. The Labute approximate surface area is 558 Å². The van der Waals surface area contributed by atoms with Gasteiger partial charge in [-0.25, -0.2) is 0 Å². The molecule has 0 saturated carbocycles. The number of carbonyl (C=O) groups excluding carboxylic acids is 11. The van der Waals surface area contributed by atoms with E-state index < -0.39 is 168 Å². The first-order valence-corrected chi connectivity index (χ1v) is 33.0. The summed E-state index contributed by atoms with van der Waals surface area (Å²) in [5, 5.41) is 37.7. The number of amides is 11. The third-order valence-corrected chi connectivity index (χ3v) is 17.2. The predicted octanol–water partition coefficient (Wildman–Crippen LogP) is 3.25. The number of azide groups is 1. The molecule has 0 bridgehead atoms. The number of ether oxygens (including phenoxy) is 1. The monoisotopic (exact) mass is 1330 g/mol. The molecule has 0 spiro atoms. The van der Waals surface area contributed by atoms with Crippen LogP contribution < -0.4 is 21.3 Å². The zero-order valence-electron chi connectivity index (χ0n) is 60.2. The highest BCUT2D eigenvalue weighted by Gasteiger charge is 2.47. The summed E-state index contributed by atoms with van der Waals surface area (Å²) in [5.74, 6) is -11.5. The molecule has 6 N–H and O–H groups in total. The number of allylic oxidation sites excluding steroid dienone is 1. The van der Waals surface area contributed by atoms with Gasteiger partial charge >= 0.3 is 0 Å². The number of hydrogen-bond donors (Lipinski definition) is 6. The Bertz CT molecular complexity index is 2650. The topological polar surface area (TPSA) is 357 Å². The molecule has 0 radical (unpaired) electrons. The number of nitrogens with one attached hydrogen (secondary N) is 4. The molecular weight excluding hydrogens is 1210 g/mol. The van der Waals surface area contributed by atoms with Gasteiger partial charge in [-0.2, -0.15) is 0 Å². The molecule has 11 amide bonds. The third-order valence-electron chi connectivity index (χ3n) is 17.2. The van der Waals surface area contributed by atoms with Crippen LogP contribution in [-0.4, -0.2) is 257 Å². The molecule has 14 atom stereocenters. The van der Waals surface area contributed by atoms with Crippen LogP contribution in [0, 0.1) is 35.5 Å². The third kappa shape index (κ3) is 23.6. The fourth-order valence-corrected chi connectivity index (χ4v) is 11.6. The van der Waals surface area contributed by atoms with Gasteiger partial charge in [0.1, 0.15) is 66.5 Å². The molecule has 94 heavy (non-hydrogen) atoms. The number of likely N-dealkylation sites (N-methyl/N-ethyl adjacent to an activating group) is 6.